The van der Waals surface area contributed by atoms with Gasteiger partial charge >= 0.3 is 0 Å². The second-order valence-electron chi connectivity index (χ2n) is 5.57. The Hall–Kier alpha value is -0.820. The van der Waals surface area contributed by atoms with E-state index in [-0.39, 0.29) is 5.41 Å². The van der Waals surface area contributed by atoms with Crippen molar-refractivity contribution in [3.05, 3.63) is 34.9 Å². The Morgan fingerprint density at radius 1 is 1.00 bits per heavy atom. The van der Waals surface area contributed by atoms with Crippen molar-refractivity contribution in [3.8, 4) is 0 Å². The fraction of sp³-hybridized carbons (Fsp3) is 0.571. The molecule has 0 heterocycles. The second-order valence-corrected chi connectivity index (χ2v) is 5.57. The lowest BCUT2D eigenvalue weighted by molar-refractivity contribution is -0.0475. The molecule has 1 N–H and O–H groups in total. The number of hydrogen-bond acceptors (Lipinski definition) is 1. The fourth-order valence-electron chi connectivity index (χ4n) is 1.68. The van der Waals surface area contributed by atoms with Crippen molar-refractivity contribution in [2.75, 3.05) is 0 Å². The van der Waals surface area contributed by atoms with Gasteiger partial charge in [-0.2, -0.15) is 0 Å². The number of aryl methyl sites for hydroxylation is 1. The van der Waals surface area contributed by atoms with Gasteiger partial charge in [-0.15, -0.1) is 0 Å². The molecule has 0 radical (unpaired) electrons. The number of aliphatic hydroxyl groups is 1. The molecule has 1 rings (SSSR count). The first-order chi connectivity index (χ1) is 6.68. The van der Waals surface area contributed by atoms with Crippen LogP contribution in [0.15, 0.2) is 18.2 Å². The van der Waals surface area contributed by atoms with Crippen LogP contribution in [0.4, 0.5) is 0 Å². The van der Waals surface area contributed by atoms with E-state index in [2.05, 4.69) is 40.7 Å². The highest BCUT2D eigenvalue weighted by Gasteiger charge is 2.37. The Labute approximate surface area is 93.1 Å². The van der Waals surface area contributed by atoms with E-state index in [0.717, 1.165) is 5.56 Å². The van der Waals surface area contributed by atoms with Crippen molar-refractivity contribution in [2.45, 2.75) is 47.1 Å². The summed E-state index contributed by atoms with van der Waals surface area (Å²) >= 11 is 0. The Morgan fingerprint density at radius 3 is 2.00 bits per heavy atom. The van der Waals surface area contributed by atoms with E-state index in [1.807, 2.05) is 19.1 Å². The summed E-state index contributed by atoms with van der Waals surface area (Å²) in [6, 6.07) is 6.11. The van der Waals surface area contributed by atoms with E-state index in [4.69, 9.17) is 0 Å². The summed E-state index contributed by atoms with van der Waals surface area (Å²) in [5.74, 6) is 0. The first-order valence-electron chi connectivity index (χ1n) is 5.47. The number of benzene rings is 1. The largest absolute Gasteiger partial charge is 0.385 e. The minimum atomic E-state index is -0.789. The van der Waals surface area contributed by atoms with E-state index < -0.39 is 5.60 Å². The van der Waals surface area contributed by atoms with Crippen LogP contribution in [0.25, 0.3) is 0 Å². The minimum Gasteiger partial charge on any atom is -0.385 e. The molecule has 0 aliphatic carbocycles. The van der Waals surface area contributed by atoms with Gasteiger partial charge in [0.15, 0.2) is 0 Å². The van der Waals surface area contributed by atoms with Crippen molar-refractivity contribution in [3.63, 3.8) is 0 Å². The molecule has 0 aromatic heterocycles. The highest BCUT2D eigenvalue weighted by molar-refractivity contribution is 5.37. The Morgan fingerprint density at radius 2 is 1.53 bits per heavy atom. The van der Waals surface area contributed by atoms with Gasteiger partial charge in [0, 0.05) is 0 Å². The monoisotopic (exact) mass is 206 g/mol. The van der Waals surface area contributed by atoms with Gasteiger partial charge in [-0.3, -0.25) is 0 Å². The molecule has 1 aromatic rings. The van der Waals surface area contributed by atoms with Crippen molar-refractivity contribution in [1.29, 1.82) is 0 Å². The predicted octanol–water partition coefficient (Wildman–Crippen LogP) is 3.56. The van der Waals surface area contributed by atoms with Crippen molar-refractivity contribution in [1.82, 2.24) is 0 Å². The lowest BCUT2D eigenvalue weighted by Crippen LogP contribution is -2.37. The molecular formula is C14H22O. The summed E-state index contributed by atoms with van der Waals surface area (Å²) in [6.45, 7) is 12.2. The van der Waals surface area contributed by atoms with Crippen LogP contribution >= 0.6 is 0 Å². The first kappa shape index (κ1) is 12.3. The summed E-state index contributed by atoms with van der Waals surface area (Å²) in [7, 11) is 0. The number of rotatable bonds is 1. The van der Waals surface area contributed by atoms with Gasteiger partial charge in [-0.05, 0) is 42.9 Å². The van der Waals surface area contributed by atoms with Crippen molar-refractivity contribution >= 4 is 0 Å². The van der Waals surface area contributed by atoms with Crippen LogP contribution in [0, 0.1) is 19.3 Å². The summed E-state index contributed by atoms with van der Waals surface area (Å²) in [4.78, 5) is 0. The molecular weight excluding hydrogens is 184 g/mol. The Balaban J connectivity index is 3.34. The SMILES string of the molecule is Cc1cccc(C(C)(O)C(C)(C)C)c1C. The zero-order chi connectivity index (χ0) is 11.9. The lowest BCUT2D eigenvalue weighted by atomic mass is 9.72. The molecule has 1 heteroatoms. The van der Waals surface area contributed by atoms with Crippen molar-refractivity contribution < 1.29 is 5.11 Å². The fourth-order valence-corrected chi connectivity index (χ4v) is 1.68. The third-order valence-corrected chi connectivity index (χ3v) is 3.59. The molecule has 0 aliphatic heterocycles. The van der Waals surface area contributed by atoms with E-state index in [0.29, 0.717) is 0 Å². The van der Waals surface area contributed by atoms with Crippen LogP contribution in [-0.2, 0) is 5.60 Å². The molecule has 84 valence electrons. The molecule has 0 spiro atoms. The van der Waals surface area contributed by atoms with E-state index in [1.54, 1.807) is 0 Å². The summed E-state index contributed by atoms with van der Waals surface area (Å²) in [6.07, 6.45) is 0. The molecule has 0 bridgehead atoms. The van der Waals surface area contributed by atoms with E-state index in [9.17, 15) is 5.11 Å². The van der Waals surface area contributed by atoms with Gasteiger partial charge in [-0.1, -0.05) is 39.0 Å². The topological polar surface area (TPSA) is 20.2 Å². The molecule has 0 saturated carbocycles. The van der Waals surface area contributed by atoms with Crippen LogP contribution < -0.4 is 0 Å². The quantitative estimate of drug-likeness (QED) is 0.745. The molecule has 0 fully saturated rings. The van der Waals surface area contributed by atoms with Gasteiger partial charge < -0.3 is 5.11 Å². The maximum absolute atomic E-state index is 10.6. The van der Waals surface area contributed by atoms with Crippen LogP contribution in [-0.4, -0.2) is 5.11 Å². The van der Waals surface area contributed by atoms with Gasteiger partial charge in [0.2, 0.25) is 0 Å². The van der Waals surface area contributed by atoms with Gasteiger partial charge in [-0.25, -0.2) is 0 Å². The van der Waals surface area contributed by atoms with Gasteiger partial charge in [0.1, 0.15) is 0 Å². The molecule has 1 unspecified atom stereocenters. The third-order valence-electron chi connectivity index (χ3n) is 3.59. The standard InChI is InChI=1S/C14H22O/c1-10-8-7-9-12(11(10)2)14(6,15)13(3,4)5/h7-9,15H,1-6H3. The Kier molecular flexibility index (Phi) is 2.97. The van der Waals surface area contributed by atoms with Gasteiger partial charge in [0.05, 0.1) is 5.60 Å². The van der Waals surface area contributed by atoms with Crippen LogP contribution in [0.2, 0.25) is 0 Å². The maximum atomic E-state index is 10.6. The average Bonchev–Trinajstić information content (AvgIpc) is 2.07. The molecule has 1 atom stereocenters. The highest BCUT2D eigenvalue weighted by Crippen LogP contribution is 2.40. The number of hydrogen-bond donors (Lipinski definition) is 1. The van der Waals surface area contributed by atoms with Crippen LogP contribution in [0.3, 0.4) is 0 Å². The third kappa shape index (κ3) is 2.07. The van der Waals surface area contributed by atoms with Crippen molar-refractivity contribution in [2.24, 2.45) is 5.41 Å². The average molecular weight is 206 g/mol. The second kappa shape index (κ2) is 3.64. The molecule has 1 nitrogen and oxygen atoms in total. The highest BCUT2D eigenvalue weighted by atomic mass is 16.3. The molecule has 0 amide bonds. The summed E-state index contributed by atoms with van der Waals surface area (Å²) in [5.41, 5.74) is 2.51. The minimum absolute atomic E-state index is 0.161. The zero-order valence-electron chi connectivity index (χ0n) is 10.7. The summed E-state index contributed by atoms with van der Waals surface area (Å²) < 4.78 is 0. The maximum Gasteiger partial charge on any atom is 0.0919 e. The smallest absolute Gasteiger partial charge is 0.0919 e. The first-order valence-corrected chi connectivity index (χ1v) is 5.47. The zero-order valence-corrected chi connectivity index (χ0v) is 10.7. The van der Waals surface area contributed by atoms with E-state index >= 15 is 0 Å². The van der Waals surface area contributed by atoms with E-state index in [1.165, 1.54) is 11.1 Å². The molecule has 1 aromatic carbocycles. The molecule has 0 saturated heterocycles. The molecule has 0 aliphatic rings. The lowest BCUT2D eigenvalue weighted by Gasteiger charge is -2.38. The Bertz CT molecular complexity index is 356. The summed E-state index contributed by atoms with van der Waals surface area (Å²) in [5, 5.41) is 10.6. The van der Waals surface area contributed by atoms with Crippen LogP contribution in [0.5, 0.6) is 0 Å². The van der Waals surface area contributed by atoms with Crippen LogP contribution in [0.1, 0.15) is 44.4 Å². The predicted molar refractivity (Wildman–Crippen MR) is 64.9 cm³/mol. The molecule has 15 heavy (non-hydrogen) atoms. The van der Waals surface area contributed by atoms with Gasteiger partial charge in [0.25, 0.3) is 0 Å². The normalized spacial score (nSPS) is 16.2.